The van der Waals surface area contributed by atoms with Gasteiger partial charge in [0.25, 0.3) is 0 Å². The number of phenolic OH excluding ortho intramolecular Hbond substituents is 1. The summed E-state index contributed by atoms with van der Waals surface area (Å²) in [5, 5.41) is 12.7. The molecule has 0 aliphatic heterocycles. The second-order valence-electron chi connectivity index (χ2n) is 4.68. The highest BCUT2D eigenvalue weighted by Gasteiger charge is 2.14. The van der Waals surface area contributed by atoms with Crippen LogP contribution < -0.4 is 5.32 Å². The van der Waals surface area contributed by atoms with Gasteiger partial charge < -0.3 is 10.4 Å². The molecule has 0 radical (unpaired) electrons. The summed E-state index contributed by atoms with van der Waals surface area (Å²) in [4.78, 5) is 0. The molecule has 0 saturated carbocycles. The lowest BCUT2D eigenvalue weighted by atomic mass is 10.0. The molecule has 5 heteroatoms. The highest BCUT2D eigenvalue weighted by molar-refractivity contribution is 5.48. The molecule has 0 aromatic heterocycles. The van der Waals surface area contributed by atoms with Crippen LogP contribution in [-0.2, 0) is 0 Å². The first kappa shape index (κ1) is 14.2. The first-order valence-corrected chi connectivity index (χ1v) is 6.09. The van der Waals surface area contributed by atoms with E-state index in [-0.39, 0.29) is 17.5 Å². The molecule has 0 amide bonds. The van der Waals surface area contributed by atoms with Gasteiger partial charge in [0, 0.05) is 23.4 Å². The van der Waals surface area contributed by atoms with Crippen LogP contribution in [0.25, 0.3) is 0 Å². The minimum Gasteiger partial charge on any atom is -0.508 e. The van der Waals surface area contributed by atoms with Gasteiger partial charge in [-0.25, -0.2) is 13.2 Å². The van der Waals surface area contributed by atoms with Crippen LogP contribution in [0.3, 0.4) is 0 Å². The lowest BCUT2D eigenvalue weighted by Gasteiger charge is -2.17. The van der Waals surface area contributed by atoms with Gasteiger partial charge in [0.15, 0.2) is 17.5 Å². The van der Waals surface area contributed by atoms with E-state index in [9.17, 15) is 18.3 Å². The highest BCUT2D eigenvalue weighted by Crippen LogP contribution is 2.28. The van der Waals surface area contributed by atoms with Crippen molar-refractivity contribution in [2.75, 3.05) is 5.32 Å². The Morgan fingerprint density at radius 2 is 1.65 bits per heavy atom. The van der Waals surface area contributed by atoms with Crippen LogP contribution in [-0.4, -0.2) is 5.11 Å². The summed E-state index contributed by atoms with van der Waals surface area (Å²) in [6.07, 6.45) is 0. The third-order valence-corrected chi connectivity index (χ3v) is 3.02. The Kier molecular flexibility index (Phi) is 3.88. The number of hydrogen-bond acceptors (Lipinski definition) is 2. The largest absolute Gasteiger partial charge is 0.508 e. The van der Waals surface area contributed by atoms with Gasteiger partial charge in [0.05, 0.1) is 6.04 Å². The van der Waals surface area contributed by atoms with Crippen molar-refractivity contribution in [3.05, 3.63) is 58.9 Å². The van der Waals surface area contributed by atoms with Gasteiger partial charge in [-0.3, -0.25) is 0 Å². The average molecular weight is 281 g/mol. The molecule has 20 heavy (non-hydrogen) atoms. The van der Waals surface area contributed by atoms with Gasteiger partial charge >= 0.3 is 0 Å². The van der Waals surface area contributed by atoms with E-state index in [2.05, 4.69) is 5.32 Å². The number of phenols is 1. The molecule has 1 unspecified atom stereocenters. The topological polar surface area (TPSA) is 32.3 Å². The minimum absolute atomic E-state index is 0.0908. The highest BCUT2D eigenvalue weighted by atomic mass is 19.2. The van der Waals surface area contributed by atoms with Gasteiger partial charge in [0.2, 0.25) is 0 Å². The zero-order valence-corrected chi connectivity index (χ0v) is 11.0. The Labute approximate surface area is 114 Å². The van der Waals surface area contributed by atoms with Gasteiger partial charge in [-0.2, -0.15) is 0 Å². The fraction of sp³-hybridized carbons (Fsp3) is 0.200. The number of halogens is 3. The van der Waals surface area contributed by atoms with Gasteiger partial charge in [-0.1, -0.05) is 12.1 Å². The van der Waals surface area contributed by atoms with E-state index in [1.165, 1.54) is 0 Å². The number of nitrogens with one attached hydrogen (secondary N) is 1. The van der Waals surface area contributed by atoms with Crippen LogP contribution in [0.5, 0.6) is 5.75 Å². The van der Waals surface area contributed by atoms with E-state index in [1.807, 2.05) is 13.0 Å². The summed E-state index contributed by atoms with van der Waals surface area (Å²) in [6.45, 7) is 3.57. The number of benzene rings is 2. The maximum absolute atomic E-state index is 13.1. The molecule has 106 valence electrons. The second-order valence-corrected chi connectivity index (χ2v) is 4.68. The average Bonchev–Trinajstić information content (AvgIpc) is 2.35. The number of aromatic hydroxyl groups is 1. The molecule has 0 fully saturated rings. The Bertz CT molecular complexity index is 620. The molecule has 2 aromatic carbocycles. The fourth-order valence-corrected chi connectivity index (χ4v) is 1.99. The summed E-state index contributed by atoms with van der Waals surface area (Å²) < 4.78 is 39.1. The molecule has 2 N–H and O–H groups in total. The second kappa shape index (κ2) is 5.45. The number of aryl methyl sites for hydroxylation is 1. The van der Waals surface area contributed by atoms with Crippen molar-refractivity contribution in [1.82, 2.24) is 0 Å². The molecular formula is C15H14F3NO. The Balaban J connectivity index is 2.25. The van der Waals surface area contributed by atoms with Crippen LogP contribution in [0, 0.1) is 24.4 Å². The SMILES string of the molecule is Cc1ccc(C(C)Nc2cc(F)c(F)c(F)c2)c(O)c1. The van der Waals surface area contributed by atoms with Crippen LogP contribution in [0.2, 0.25) is 0 Å². The van der Waals surface area contributed by atoms with Crippen molar-refractivity contribution in [3.8, 4) is 5.75 Å². The van der Waals surface area contributed by atoms with E-state index < -0.39 is 17.5 Å². The summed E-state index contributed by atoms with van der Waals surface area (Å²) in [7, 11) is 0. The lowest BCUT2D eigenvalue weighted by Crippen LogP contribution is -2.08. The molecule has 0 bridgehead atoms. The van der Waals surface area contributed by atoms with Gasteiger partial charge in [-0.05, 0) is 25.5 Å². The predicted molar refractivity (Wildman–Crippen MR) is 71.2 cm³/mol. The Hall–Kier alpha value is -2.17. The third-order valence-electron chi connectivity index (χ3n) is 3.02. The Morgan fingerprint density at radius 3 is 2.20 bits per heavy atom. The first-order valence-electron chi connectivity index (χ1n) is 6.09. The predicted octanol–water partition coefficient (Wildman–Crippen LogP) is 4.29. The minimum atomic E-state index is -1.50. The normalized spacial score (nSPS) is 12.2. The van der Waals surface area contributed by atoms with Crippen LogP contribution >= 0.6 is 0 Å². The summed E-state index contributed by atoms with van der Waals surface area (Å²) in [6, 6.07) is 6.50. The number of anilines is 1. The third kappa shape index (κ3) is 2.87. The lowest BCUT2D eigenvalue weighted by molar-refractivity contribution is 0.447. The van der Waals surface area contributed by atoms with E-state index in [0.29, 0.717) is 5.56 Å². The standard InChI is InChI=1S/C15H14F3NO/c1-8-3-4-11(14(20)5-8)9(2)19-10-6-12(16)15(18)13(17)7-10/h3-7,9,19-20H,1-2H3. The van der Waals surface area contributed by atoms with Gasteiger partial charge in [0.1, 0.15) is 5.75 Å². The molecule has 2 nitrogen and oxygen atoms in total. The van der Waals surface area contributed by atoms with E-state index >= 15 is 0 Å². The summed E-state index contributed by atoms with van der Waals surface area (Å²) >= 11 is 0. The maximum atomic E-state index is 13.1. The van der Waals surface area contributed by atoms with E-state index in [4.69, 9.17) is 0 Å². The van der Waals surface area contributed by atoms with Crippen LogP contribution in [0.1, 0.15) is 24.1 Å². The van der Waals surface area contributed by atoms with E-state index in [1.54, 1.807) is 19.1 Å². The van der Waals surface area contributed by atoms with Crippen LogP contribution in [0.4, 0.5) is 18.9 Å². The number of hydrogen-bond donors (Lipinski definition) is 2. The zero-order chi connectivity index (χ0) is 14.9. The molecule has 0 heterocycles. The van der Waals surface area contributed by atoms with E-state index in [0.717, 1.165) is 17.7 Å². The molecule has 0 saturated heterocycles. The van der Waals surface area contributed by atoms with Crippen molar-refractivity contribution in [3.63, 3.8) is 0 Å². The Morgan fingerprint density at radius 1 is 1.05 bits per heavy atom. The molecular weight excluding hydrogens is 267 g/mol. The van der Waals surface area contributed by atoms with Crippen molar-refractivity contribution >= 4 is 5.69 Å². The van der Waals surface area contributed by atoms with Crippen molar-refractivity contribution in [2.45, 2.75) is 19.9 Å². The smallest absolute Gasteiger partial charge is 0.194 e. The van der Waals surface area contributed by atoms with Crippen molar-refractivity contribution < 1.29 is 18.3 Å². The zero-order valence-electron chi connectivity index (χ0n) is 11.0. The monoisotopic (exact) mass is 281 g/mol. The fourth-order valence-electron chi connectivity index (χ4n) is 1.99. The molecule has 1 atom stereocenters. The molecule has 0 aliphatic carbocycles. The summed E-state index contributed by atoms with van der Waals surface area (Å²) in [5.41, 5.74) is 1.59. The maximum Gasteiger partial charge on any atom is 0.194 e. The van der Waals surface area contributed by atoms with Crippen molar-refractivity contribution in [1.29, 1.82) is 0 Å². The first-order chi connectivity index (χ1) is 9.38. The molecule has 0 spiro atoms. The number of rotatable bonds is 3. The van der Waals surface area contributed by atoms with Crippen molar-refractivity contribution in [2.24, 2.45) is 0 Å². The quantitative estimate of drug-likeness (QED) is 0.822. The molecule has 0 aliphatic rings. The molecule has 2 rings (SSSR count). The van der Waals surface area contributed by atoms with Crippen LogP contribution in [0.15, 0.2) is 30.3 Å². The van der Waals surface area contributed by atoms with Gasteiger partial charge in [-0.15, -0.1) is 0 Å². The molecule has 2 aromatic rings. The summed E-state index contributed by atoms with van der Waals surface area (Å²) in [5.74, 6) is -3.92.